The van der Waals surface area contributed by atoms with Crippen LogP contribution < -0.4 is 4.74 Å². The highest BCUT2D eigenvalue weighted by Crippen LogP contribution is 2.27. The molecule has 3 aromatic rings. The first-order valence-corrected chi connectivity index (χ1v) is 8.69. The number of benzene rings is 1. The van der Waals surface area contributed by atoms with E-state index in [-0.39, 0.29) is 18.2 Å². The van der Waals surface area contributed by atoms with E-state index in [0.717, 1.165) is 16.3 Å². The quantitative estimate of drug-likeness (QED) is 0.468. The Morgan fingerprint density at radius 3 is 2.68 bits per heavy atom. The number of aromatic nitrogens is 2. The molecule has 0 fully saturated rings. The lowest BCUT2D eigenvalue weighted by Crippen LogP contribution is -2.00. The number of nitro groups is 1. The molecule has 2 aromatic heterocycles. The molecule has 0 unspecified atom stereocenters. The molecule has 0 aliphatic carbocycles. The molecular formula is C18H17N3O3S. The van der Waals surface area contributed by atoms with E-state index in [1.165, 1.54) is 29.2 Å². The largest absolute Gasteiger partial charge is 0.479 e. The van der Waals surface area contributed by atoms with Crippen LogP contribution in [0.1, 0.15) is 31.0 Å². The zero-order valence-electron chi connectivity index (χ0n) is 13.9. The topological polar surface area (TPSA) is 78.2 Å². The van der Waals surface area contributed by atoms with Crippen LogP contribution in [0.5, 0.6) is 5.75 Å². The fourth-order valence-electron chi connectivity index (χ4n) is 2.30. The maximum Gasteiger partial charge on any atom is 0.406 e. The molecule has 128 valence electrons. The lowest BCUT2D eigenvalue weighted by atomic mass is 10.0. The first-order valence-electron chi connectivity index (χ1n) is 7.81. The average molecular weight is 355 g/mol. The number of nitrogens with zero attached hydrogens (tertiary/aromatic N) is 3. The molecule has 3 rings (SSSR count). The summed E-state index contributed by atoms with van der Waals surface area (Å²) in [5, 5.41) is 13.7. The molecule has 1 aromatic carbocycles. The van der Waals surface area contributed by atoms with Gasteiger partial charge in [-0.2, -0.15) is 0 Å². The van der Waals surface area contributed by atoms with Gasteiger partial charge in [0.2, 0.25) is 5.75 Å². The van der Waals surface area contributed by atoms with E-state index in [9.17, 15) is 10.1 Å². The van der Waals surface area contributed by atoms with Gasteiger partial charge in [0, 0.05) is 10.9 Å². The summed E-state index contributed by atoms with van der Waals surface area (Å²) in [6, 6.07) is 11.5. The maximum absolute atomic E-state index is 10.9. The van der Waals surface area contributed by atoms with Crippen LogP contribution in [0.4, 0.5) is 5.82 Å². The molecular weight excluding hydrogens is 338 g/mol. The number of rotatable bonds is 6. The summed E-state index contributed by atoms with van der Waals surface area (Å²) in [4.78, 5) is 18.7. The second-order valence-corrected chi connectivity index (χ2v) is 6.65. The third-order valence-corrected chi connectivity index (χ3v) is 4.62. The van der Waals surface area contributed by atoms with Crippen molar-refractivity contribution in [1.82, 2.24) is 9.97 Å². The van der Waals surface area contributed by atoms with E-state index in [1.807, 2.05) is 5.38 Å². The summed E-state index contributed by atoms with van der Waals surface area (Å²) >= 11 is 1.52. The van der Waals surface area contributed by atoms with Gasteiger partial charge in [-0.25, -0.2) is 4.98 Å². The Morgan fingerprint density at radius 1 is 1.24 bits per heavy atom. The van der Waals surface area contributed by atoms with Crippen LogP contribution in [0.15, 0.2) is 48.0 Å². The summed E-state index contributed by atoms with van der Waals surface area (Å²) in [6.07, 6.45) is 1.37. The Labute approximate surface area is 149 Å². The van der Waals surface area contributed by atoms with E-state index in [2.05, 4.69) is 48.1 Å². The monoisotopic (exact) mass is 355 g/mol. The highest BCUT2D eigenvalue weighted by molar-refractivity contribution is 7.13. The van der Waals surface area contributed by atoms with Crippen molar-refractivity contribution in [2.75, 3.05) is 0 Å². The third-order valence-electron chi connectivity index (χ3n) is 3.68. The molecule has 0 saturated heterocycles. The first kappa shape index (κ1) is 17.0. The van der Waals surface area contributed by atoms with Crippen molar-refractivity contribution in [2.24, 2.45) is 0 Å². The zero-order valence-corrected chi connectivity index (χ0v) is 14.7. The first-order chi connectivity index (χ1) is 12.0. The molecule has 0 N–H and O–H groups in total. The minimum Gasteiger partial charge on any atom is -0.479 e. The Hall–Kier alpha value is -2.80. The number of ether oxygens (including phenoxy) is 1. The third kappa shape index (κ3) is 4.00. The van der Waals surface area contributed by atoms with Gasteiger partial charge in [0.1, 0.15) is 17.8 Å². The molecule has 0 aliphatic heterocycles. The average Bonchev–Trinajstić information content (AvgIpc) is 3.09. The van der Waals surface area contributed by atoms with E-state index in [1.54, 1.807) is 6.07 Å². The Balaban J connectivity index is 1.71. The predicted octanol–water partition coefficient (Wildman–Crippen LogP) is 4.82. The van der Waals surface area contributed by atoms with Crippen LogP contribution in [0.3, 0.4) is 0 Å². The molecule has 0 aliphatic rings. The summed E-state index contributed by atoms with van der Waals surface area (Å²) in [6.45, 7) is 4.48. The van der Waals surface area contributed by atoms with Crippen LogP contribution in [0.25, 0.3) is 10.6 Å². The summed E-state index contributed by atoms with van der Waals surface area (Å²) in [5.41, 5.74) is 3.06. The van der Waals surface area contributed by atoms with E-state index in [0.29, 0.717) is 5.92 Å². The number of hydrogen-bond acceptors (Lipinski definition) is 6. The van der Waals surface area contributed by atoms with Gasteiger partial charge in [-0.05, 0) is 33.5 Å². The SMILES string of the molecule is CC(C)c1ccc(-c2nc(COc3cccnc3[N+](=O)[O-])cs2)cc1. The summed E-state index contributed by atoms with van der Waals surface area (Å²) in [7, 11) is 0. The standard InChI is InChI=1S/C18H17N3O3S/c1-12(2)13-5-7-14(8-6-13)18-20-15(11-25-18)10-24-16-4-3-9-19-17(16)21(22)23/h3-9,11-12H,10H2,1-2H3. The molecule has 25 heavy (non-hydrogen) atoms. The van der Waals surface area contributed by atoms with Gasteiger partial charge in [-0.15, -0.1) is 11.3 Å². The van der Waals surface area contributed by atoms with Crippen molar-refractivity contribution in [3.05, 3.63) is 69.3 Å². The molecule has 0 radical (unpaired) electrons. The molecule has 6 nitrogen and oxygen atoms in total. The summed E-state index contributed by atoms with van der Waals surface area (Å²) < 4.78 is 5.52. The lowest BCUT2D eigenvalue weighted by Gasteiger charge is -2.05. The maximum atomic E-state index is 10.9. The second kappa shape index (κ2) is 7.40. The van der Waals surface area contributed by atoms with E-state index >= 15 is 0 Å². The van der Waals surface area contributed by atoms with Gasteiger partial charge >= 0.3 is 5.82 Å². The van der Waals surface area contributed by atoms with Gasteiger partial charge in [0.05, 0.1) is 5.69 Å². The minimum absolute atomic E-state index is 0.142. The molecule has 2 heterocycles. The van der Waals surface area contributed by atoms with Gasteiger partial charge in [-0.3, -0.25) is 0 Å². The fraction of sp³-hybridized carbons (Fsp3) is 0.222. The van der Waals surface area contributed by atoms with E-state index < -0.39 is 4.92 Å². The minimum atomic E-state index is -0.557. The van der Waals surface area contributed by atoms with Crippen molar-refractivity contribution in [2.45, 2.75) is 26.4 Å². The van der Waals surface area contributed by atoms with Gasteiger partial charge in [0.15, 0.2) is 0 Å². The van der Waals surface area contributed by atoms with Crippen molar-refractivity contribution in [3.63, 3.8) is 0 Å². The van der Waals surface area contributed by atoms with Gasteiger partial charge in [-0.1, -0.05) is 38.1 Å². The van der Waals surface area contributed by atoms with E-state index in [4.69, 9.17) is 4.74 Å². The van der Waals surface area contributed by atoms with Crippen LogP contribution >= 0.6 is 11.3 Å². The van der Waals surface area contributed by atoms with Gasteiger partial charge < -0.3 is 14.9 Å². The van der Waals surface area contributed by atoms with Crippen LogP contribution in [0, 0.1) is 10.1 Å². The van der Waals surface area contributed by atoms with Gasteiger partial charge in [0.25, 0.3) is 0 Å². The van der Waals surface area contributed by atoms with Crippen molar-refractivity contribution in [3.8, 4) is 16.3 Å². The van der Waals surface area contributed by atoms with Crippen molar-refractivity contribution < 1.29 is 9.66 Å². The smallest absolute Gasteiger partial charge is 0.406 e. The molecule has 7 heteroatoms. The lowest BCUT2D eigenvalue weighted by molar-refractivity contribution is -0.390. The van der Waals surface area contributed by atoms with Crippen LogP contribution in [0.2, 0.25) is 0 Å². The highest BCUT2D eigenvalue weighted by Gasteiger charge is 2.16. The predicted molar refractivity (Wildman–Crippen MR) is 96.9 cm³/mol. The highest BCUT2D eigenvalue weighted by atomic mass is 32.1. The van der Waals surface area contributed by atoms with Crippen molar-refractivity contribution in [1.29, 1.82) is 0 Å². The van der Waals surface area contributed by atoms with Crippen LogP contribution in [-0.4, -0.2) is 14.9 Å². The normalized spacial score (nSPS) is 10.8. The Morgan fingerprint density at radius 2 is 2.00 bits per heavy atom. The molecule has 0 saturated carbocycles. The molecule has 0 atom stereocenters. The zero-order chi connectivity index (χ0) is 17.8. The second-order valence-electron chi connectivity index (χ2n) is 5.79. The fourth-order valence-corrected chi connectivity index (χ4v) is 3.11. The number of thiazole rings is 1. The Kier molecular flexibility index (Phi) is 5.04. The number of hydrogen-bond donors (Lipinski definition) is 0. The molecule has 0 amide bonds. The molecule has 0 spiro atoms. The summed E-state index contributed by atoms with van der Waals surface area (Å²) in [5.74, 6) is 0.343. The van der Waals surface area contributed by atoms with Crippen LogP contribution in [-0.2, 0) is 6.61 Å². The number of pyridine rings is 1. The Bertz CT molecular complexity index is 875. The molecule has 0 bridgehead atoms. The van der Waals surface area contributed by atoms with Crippen molar-refractivity contribution >= 4 is 17.2 Å².